The molecule has 15 heavy (non-hydrogen) atoms. The van der Waals surface area contributed by atoms with E-state index in [2.05, 4.69) is 16.1 Å². The lowest BCUT2D eigenvalue weighted by Gasteiger charge is -2.30. The number of nitrogens with zero attached hydrogens (tertiary/aromatic N) is 1. The molecule has 1 aliphatic heterocycles. The highest BCUT2D eigenvalue weighted by Gasteiger charge is 2.17. The van der Waals surface area contributed by atoms with Crippen LogP contribution in [0.25, 0.3) is 0 Å². The van der Waals surface area contributed by atoms with Crippen molar-refractivity contribution < 1.29 is 4.74 Å². The minimum atomic E-state index is 0.802. The first-order chi connectivity index (χ1) is 7.36. The number of methoxy groups -OCH3 is 1. The van der Waals surface area contributed by atoms with Crippen LogP contribution in [0.5, 0.6) is 0 Å². The van der Waals surface area contributed by atoms with E-state index in [1.54, 1.807) is 7.11 Å². The maximum absolute atomic E-state index is 5.29. The van der Waals surface area contributed by atoms with Crippen LogP contribution in [0.3, 0.4) is 0 Å². The summed E-state index contributed by atoms with van der Waals surface area (Å²) >= 11 is 0. The predicted octanol–water partition coefficient (Wildman–Crippen LogP) is 0.568. The normalized spacial score (nSPS) is 18.9. The fraction of sp³-hybridized carbons (Fsp3) is 0.833. The Bertz CT molecular complexity index is 192. The van der Waals surface area contributed by atoms with Crippen LogP contribution >= 0.6 is 0 Å². The van der Waals surface area contributed by atoms with Crippen LogP contribution in [0, 0.1) is 18.3 Å². The maximum atomic E-state index is 5.29. The van der Waals surface area contributed by atoms with Crippen molar-refractivity contribution in [2.24, 2.45) is 5.92 Å². The number of nitrogens with one attached hydrogen (secondary N) is 1. The molecule has 0 amide bonds. The fourth-order valence-electron chi connectivity index (χ4n) is 1.96. The third kappa shape index (κ3) is 5.17. The summed E-state index contributed by atoms with van der Waals surface area (Å²) in [4.78, 5) is 2.35. The Balaban J connectivity index is 2.02. The summed E-state index contributed by atoms with van der Waals surface area (Å²) in [5.41, 5.74) is 0. The molecule has 86 valence electrons. The van der Waals surface area contributed by atoms with Crippen LogP contribution in [0.1, 0.15) is 12.8 Å². The van der Waals surface area contributed by atoms with Crippen molar-refractivity contribution >= 4 is 0 Å². The molecular formula is C12H22N2O. The quantitative estimate of drug-likeness (QED) is 0.512. The third-order valence-electron chi connectivity index (χ3n) is 2.94. The van der Waals surface area contributed by atoms with Gasteiger partial charge in [-0.05, 0) is 38.4 Å². The molecule has 1 aliphatic rings. The molecule has 1 saturated heterocycles. The zero-order valence-electron chi connectivity index (χ0n) is 9.67. The smallest absolute Gasteiger partial charge is 0.0598 e. The van der Waals surface area contributed by atoms with Crippen molar-refractivity contribution in [2.45, 2.75) is 12.8 Å². The molecule has 3 heteroatoms. The first-order valence-electron chi connectivity index (χ1n) is 5.72. The van der Waals surface area contributed by atoms with Gasteiger partial charge in [0.25, 0.3) is 0 Å². The van der Waals surface area contributed by atoms with Gasteiger partial charge < -0.3 is 10.1 Å². The molecule has 0 spiro atoms. The van der Waals surface area contributed by atoms with Gasteiger partial charge in [0.15, 0.2) is 0 Å². The molecule has 0 aromatic carbocycles. The van der Waals surface area contributed by atoms with Crippen LogP contribution in [0.15, 0.2) is 0 Å². The molecule has 0 atom stereocenters. The molecule has 0 unspecified atom stereocenters. The lowest BCUT2D eigenvalue weighted by molar-refractivity contribution is 0.183. The van der Waals surface area contributed by atoms with E-state index in [1.165, 1.54) is 12.8 Å². The van der Waals surface area contributed by atoms with Crippen LogP contribution in [-0.2, 0) is 4.74 Å². The van der Waals surface area contributed by atoms with Gasteiger partial charge in [-0.3, -0.25) is 4.90 Å². The van der Waals surface area contributed by atoms with Crippen LogP contribution < -0.4 is 5.32 Å². The number of terminal acetylenes is 1. The fourth-order valence-corrected chi connectivity index (χ4v) is 1.96. The largest absolute Gasteiger partial charge is 0.383 e. The number of likely N-dealkylation sites (tertiary alicyclic amines) is 1. The highest BCUT2D eigenvalue weighted by Crippen LogP contribution is 2.15. The second kappa shape index (κ2) is 7.70. The first kappa shape index (κ1) is 12.5. The van der Waals surface area contributed by atoms with Crippen LogP contribution in [0.2, 0.25) is 0 Å². The van der Waals surface area contributed by atoms with Crippen molar-refractivity contribution in [3.8, 4) is 12.3 Å². The van der Waals surface area contributed by atoms with Crippen molar-refractivity contribution in [3.63, 3.8) is 0 Å². The van der Waals surface area contributed by atoms with Crippen molar-refractivity contribution in [2.75, 3.05) is 46.4 Å². The Kier molecular flexibility index (Phi) is 6.42. The van der Waals surface area contributed by atoms with Gasteiger partial charge in [0.05, 0.1) is 13.2 Å². The number of hydrogen-bond acceptors (Lipinski definition) is 3. The topological polar surface area (TPSA) is 24.5 Å². The standard InChI is InChI=1S/C12H22N2O/c1-3-7-14-8-4-12(5-9-14)11-13-6-10-15-2/h1,12-13H,4-11H2,2H3. The van der Waals surface area contributed by atoms with Gasteiger partial charge in [-0.1, -0.05) is 5.92 Å². The molecule has 0 aromatic rings. The second-order valence-electron chi connectivity index (χ2n) is 4.12. The molecule has 1 N–H and O–H groups in total. The maximum Gasteiger partial charge on any atom is 0.0598 e. The van der Waals surface area contributed by atoms with Crippen LogP contribution in [0.4, 0.5) is 0 Å². The Morgan fingerprint density at radius 2 is 2.20 bits per heavy atom. The van der Waals surface area contributed by atoms with Crippen molar-refractivity contribution in [3.05, 3.63) is 0 Å². The van der Waals surface area contributed by atoms with E-state index in [0.717, 1.165) is 45.2 Å². The summed E-state index contributed by atoms with van der Waals surface area (Å²) in [6, 6.07) is 0. The first-order valence-corrected chi connectivity index (χ1v) is 5.72. The van der Waals surface area contributed by atoms with Crippen molar-refractivity contribution in [1.29, 1.82) is 0 Å². The van der Waals surface area contributed by atoms with E-state index < -0.39 is 0 Å². The molecule has 1 fully saturated rings. The van der Waals surface area contributed by atoms with Gasteiger partial charge in [0.1, 0.15) is 0 Å². The Morgan fingerprint density at radius 3 is 2.80 bits per heavy atom. The summed E-state index contributed by atoms with van der Waals surface area (Å²) in [6.45, 7) is 6.00. The van der Waals surface area contributed by atoms with E-state index in [9.17, 15) is 0 Å². The number of ether oxygens (including phenoxy) is 1. The molecular weight excluding hydrogens is 188 g/mol. The van der Waals surface area contributed by atoms with Gasteiger partial charge in [-0.2, -0.15) is 0 Å². The summed E-state index contributed by atoms with van der Waals surface area (Å²) < 4.78 is 4.99. The summed E-state index contributed by atoms with van der Waals surface area (Å²) in [5, 5.41) is 3.42. The highest BCUT2D eigenvalue weighted by atomic mass is 16.5. The molecule has 1 heterocycles. The molecule has 1 rings (SSSR count). The highest BCUT2D eigenvalue weighted by molar-refractivity contribution is 4.89. The minimum absolute atomic E-state index is 0.802. The zero-order valence-corrected chi connectivity index (χ0v) is 9.67. The Hall–Kier alpha value is -0.560. The van der Waals surface area contributed by atoms with E-state index in [1.807, 2.05) is 0 Å². The van der Waals surface area contributed by atoms with Gasteiger partial charge >= 0.3 is 0 Å². The van der Waals surface area contributed by atoms with E-state index in [0.29, 0.717) is 0 Å². The summed E-state index contributed by atoms with van der Waals surface area (Å²) in [7, 11) is 1.74. The average molecular weight is 210 g/mol. The molecule has 0 bridgehead atoms. The Morgan fingerprint density at radius 1 is 1.47 bits per heavy atom. The average Bonchev–Trinajstić information content (AvgIpc) is 2.27. The molecule has 0 radical (unpaired) electrons. The molecule has 0 saturated carbocycles. The van der Waals surface area contributed by atoms with Gasteiger partial charge in [-0.15, -0.1) is 6.42 Å². The zero-order chi connectivity index (χ0) is 10.9. The monoisotopic (exact) mass is 210 g/mol. The Labute approximate surface area is 93.2 Å². The van der Waals surface area contributed by atoms with Gasteiger partial charge in [0.2, 0.25) is 0 Å². The van der Waals surface area contributed by atoms with Crippen molar-refractivity contribution in [1.82, 2.24) is 10.2 Å². The molecule has 0 aromatic heterocycles. The minimum Gasteiger partial charge on any atom is -0.383 e. The number of hydrogen-bond donors (Lipinski definition) is 1. The predicted molar refractivity (Wildman–Crippen MR) is 62.7 cm³/mol. The molecule has 0 aliphatic carbocycles. The van der Waals surface area contributed by atoms with Crippen LogP contribution in [-0.4, -0.2) is 51.3 Å². The van der Waals surface area contributed by atoms with Gasteiger partial charge in [-0.25, -0.2) is 0 Å². The van der Waals surface area contributed by atoms with Gasteiger partial charge in [0, 0.05) is 13.7 Å². The SMILES string of the molecule is C#CCN1CCC(CNCCOC)CC1. The molecule has 3 nitrogen and oxygen atoms in total. The lowest BCUT2D eigenvalue weighted by Crippen LogP contribution is -2.37. The van der Waals surface area contributed by atoms with E-state index in [-0.39, 0.29) is 0 Å². The third-order valence-corrected chi connectivity index (χ3v) is 2.94. The van der Waals surface area contributed by atoms with E-state index >= 15 is 0 Å². The summed E-state index contributed by atoms with van der Waals surface area (Å²) in [5.74, 6) is 3.52. The second-order valence-corrected chi connectivity index (χ2v) is 4.12. The lowest BCUT2D eigenvalue weighted by atomic mass is 9.97. The number of piperidine rings is 1. The summed E-state index contributed by atoms with van der Waals surface area (Å²) in [6.07, 6.45) is 7.82. The number of rotatable bonds is 6. The van der Waals surface area contributed by atoms with E-state index in [4.69, 9.17) is 11.2 Å².